The molecule has 1 aliphatic heterocycles. The summed E-state index contributed by atoms with van der Waals surface area (Å²) in [4.78, 5) is 2.51. The van der Waals surface area contributed by atoms with Crippen molar-refractivity contribution in [1.82, 2.24) is 4.90 Å². The Morgan fingerprint density at radius 2 is 1.85 bits per heavy atom. The molecule has 2 atom stereocenters. The lowest BCUT2D eigenvalue weighted by molar-refractivity contribution is -0.104. The van der Waals surface area contributed by atoms with E-state index < -0.39 is 0 Å². The molecule has 2 aliphatic rings. The van der Waals surface area contributed by atoms with Crippen LogP contribution in [-0.4, -0.2) is 41.8 Å². The number of rotatable bonds is 5. The Balaban J connectivity index is 2.05. The Kier molecular flexibility index (Phi) is 5.14. The summed E-state index contributed by atoms with van der Waals surface area (Å²) < 4.78 is 6.16. The molecule has 1 heterocycles. The Bertz CT molecular complexity index is 306. The van der Waals surface area contributed by atoms with Crippen molar-refractivity contribution in [2.24, 2.45) is 11.7 Å². The molecule has 1 saturated heterocycles. The largest absolute Gasteiger partial charge is 0.375 e. The monoisotopic (exact) mass is 282 g/mol. The zero-order valence-electron chi connectivity index (χ0n) is 14.0. The van der Waals surface area contributed by atoms with E-state index in [-0.39, 0.29) is 17.2 Å². The third kappa shape index (κ3) is 3.05. The van der Waals surface area contributed by atoms with Crippen LogP contribution in [0, 0.1) is 5.92 Å². The highest BCUT2D eigenvalue weighted by molar-refractivity contribution is 5.00. The minimum absolute atomic E-state index is 0.0747. The van der Waals surface area contributed by atoms with Gasteiger partial charge in [-0.1, -0.05) is 26.7 Å². The van der Waals surface area contributed by atoms with Crippen LogP contribution in [0.25, 0.3) is 0 Å². The van der Waals surface area contributed by atoms with Crippen LogP contribution >= 0.6 is 0 Å². The molecule has 0 aromatic carbocycles. The van der Waals surface area contributed by atoms with Gasteiger partial charge in [0.15, 0.2) is 0 Å². The highest BCUT2D eigenvalue weighted by atomic mass is 16.5. The normalized spacial score (nSPS) is 28.2. The van der Waals surface area contributed by atoms with E-state index in [1.807, 2.05) is 0 Å². The molecular weight excluding hydrogens is 248 g/mol. The summed E-state index contributed by atoms with van der Waals surface area (Å²) in [6.45, 7) is 12.2. The standard InChI is InChI=1S/C17H34N2O/c1-5-19(6-2)16(3,4)15(18)14-9-12-20-17(13-14)10-7-8-11-17/h14-15H,5-13,18H2,1-4H3. The fraction of sp³-hybridized carbons (Fsp3) is 1.00. The molecule has 118 valence electrons. The van der Waals surface area contributed by atoms with Gasteiger partial charge >= 0.3 is 0 Å². The van der Waals surface area contributed by atoms with Crippen molar-refractivity contribution >= 4 is 0 Å². The molecule has 0 aromatic heterocycles. The molecule has 0 aromatic rings. The van der Waals surface area contributed by atoms with E-state index in [9.17, 15) is 0 Å². The zero-order chi connectivity index (χ0) is 14.8. The van der Waals surface area contributed by atoms with Gasteiger partial charge in [-0.2, -0.15) is 0 Å². The fourth-order valence-electron chi connectivity index (χ4n) is 4.57. The third-order valence-corrected chi connectivity index (χ3v) is 5.95. The van der Waals surface area contributed by atoms with Gasteiger partial charge in [0, 0.05) is 18.2 Å². The lowest BCUT2D eigenvalue weighted by Gasteiger charge is -2.48. The predicted molar refractivity (Wildman–Crippen MR) is 84.9 cm³/mol. The highest BCUT2D eigenvalue weighted by Crippen LogP contribution is 2.44. The minimum atomic E-state index is 0.0747. The van der Waals surface area contributed by atoms with Gasteiger partial charge in [-0.3, -0.25) is 4.90 Å². The van der Waals surface area contributed by atoms with E-state index in [1.54, 1.807) is 0 Å². The van der Waals surface area contributed by atoms with Gasteiger partial charge in [0.05, 0.1) is 5.60 Å². The molecule has 3 heteroatoms. The Labute approximate surface area is 125 Å². The van der Waals surface area contributed by atoms with Crippen molar-refractivity contribution in [3.63, 3.8) is 0 Å². The van der Waals surface area contributed by atoms with E-state index in [2.05, 4.69) is 32.6 Å². The van der Waals surface area contributed by atoms with E-state index in [0.29, 0.717) is 5.92 Å². The zero-order valence-corrected chi connectivity index (χ0v) is 14.0. The molecule has 0 bridgehead atoms. The number of hydrogen-bond donors (Lipinski definition) is 1. The molecule has 1 saturated carbocycles. The van der Waals surface area contributed by atoms with Crippen LogP contribution in [0.15, 0.2) is 0 Å². The quantitative estimate of drug-likeness (QED) is 0.841. The van der Waals surface area contributed by atoms with Gasteiger partial charge in [0.1, 0.15) is 0 Å². The van der Waals surface area contributed by atoms with Crippen LogP contribution in [0.1, 0.15) is 66.2 Å². The summed E-state index contributed by atoms with van der Waals surface area (Å²) in [5.41, 5.74) is 6.99. The van der Waals surface area contributed by atoms with Gasteiger partial charge < -0.3 is 10.5 Å². The van der Waals surface area contributed by atoms with Gasteiger partial charge in [0.25, 0.3) is 0 Å². The number of hydrogen-bond acceptors (Lipinski definition) is 3. The summed E-state index contributed by atoms with van der Waals surface area (Å²) in [5.74, 6) is 0.609. The van der Waals surface area contributed by atoms with Crippen molar-refractivity contribution in [2.75, 3.05) is 19.7 Å². The molecule has 20 heavy (non-hydrogen) atoms. The smallest absolute Gasteiger partial charge is 0.0685 e. The molecule has 1 spiro atoms. The van der Waals surface area contributed by atoms with E-state index in [1.165, 1.54) is 32.1 Å². The molecule has 2 fully saturated rings. The summed E-state index contributed by atoms with van der Waals surface area (Å²) in [7, 11) is 0. The first-order valence-electron chi connectivity index (χ1n) is 8.60. The van der Waals surface area contributed by atoms with Crippen molar-refractivity contribution in [1.29, 1.82) is 0 Å². The van der Waals surface area contributed by atoms with Crippen molar-refractivity contribution in [2.45, 2.75) is 83.4 Å². The van der Waals surface area contributed by atoms with Gasteiger partial charge in [-0.05, 0) is 58.5 Å². The van der Waals surface area contributed by atoms with Crippen molar-refractivity contribution in [3.8, 4) is 0 Å². The maximum absolute atomic E-state index is 6.73. The number of nitrogens with zero attached hydrogens (tertiary/aromatic N) is 1. The van der Waals surface area contributed by atoms with Crippen molar-refractivity contribution < 1.29 is 4.74 Å². The molecular formula is C17H34N2O. The van der Waals surface area contributed by atoms with E-state index in [0.717, 1.165) is 26.1 Å². The number of nitrogens with two attached hydrogens (primary N) is 1. The molecule has 1 aliphatic carbocycles. The SMILES string of the molecule is CCN(CC)C(C)(C)C(N)C1CCOC2(CCCC2)C1. The lowest BCUT2D eigenvalue weighted by Crippen LogP contribution is -2.60. The lowest BCUT2D eigenvalue weighted by atomic mass is 9.74. The number of ether oxygens (including phenoxy) is 1. The summed E-state index contributed by atoms with van der Waals surface area (Å²) in [6.07, 6.45) is 7.49. The average Bonchev–Trinajstić information content (AvgIpc) is 2.87. The van der Waals surface area contributed by atoms with Crippen LogP contribution in [0.4, 0.5) is 0 Å². The summed E-state index contributed by atoms with van der Waals surface area (Å²) >= 11 is 0. The van der Waals surface area contributed by atoms with Crippen LogP contribution in [-0.2, 0) is 4.74 Å². The molecule has 2 unspecified atom stereocenters. The first kappa shape index (κ1) is 16.3. The fourth-order valence-corrected chi connectivity index (χ4v) is 4.57. The highest BCUT2D eigenvalue weighted by Gasteiger charge is 2.45. The van der Waals surface area contributed by atoms with Gasteiger partial charge in [-0.25, -0.2) is 0 Å². The number of likely N-dealkylation sites (N-methyl/N-ethyl adjacent to an activating group) is 1. The Morgan fingerprint density at radius 1 is 1.25 bits per heavy atom. The molecule has 0 amide bonds. The Hall–Kier alpha value is -0.120. The van der Waals surface area contributed by atoms with E-state index >= 15 is 0 Å². The van der Waals surface area contributed by atoms with E-state index in [4.69, 9.17) is 10.5 Å². The summed E-state index contributed by atoms with van der Waals surface area (Å²) in [5, 5.41) is 0. The average molecular weight is 282 g/mol. The topological polar surface area (TPSA) is 38.5 Å². The molecule has 0 radical (unpaired) electrons. The maximum Gasteiger partial charge on any atom is 0.0685 e. The van der Waals surface area contributed by atoms with Crippen LogP contribution in [0.3, 0.4) is 0 Å². The molecule has 3 nitrogen and oxygen atoms in total. The maximum atomic E-state index is 6.73. The van der Waals surface area contributed by atoms with Gasteiger partial charge in [-0.15, -0.1) is 0 Å². The van der Waals surface area contributed by atoms with Crippen LogP contribution in [0.2, 0.25) is 0 Å². The second-order valence-electron chi connectivity index (χ2n) is 7.34. The predicted octanol–water partition coefficient (Wildman–Crippen LogP) is 3.17. The van der Waals surface area contributed by atoms with Gasteiger partial charge in [0.2, 0.25) is 0 Å². The summed E-state index contributed by atoms with van der Waals surface area (Å²) in [6, 6.07) is 0.240. The second-order valence-corrected chi connectivity index (χ2v) is 7.34. The first-order valence-corrected chi connectivity index (χ1v) is 8.60. The van der Waals surface area contributed by atoms with Crippen LogP contribution < -0.4 is 5.73 Å². The Morgan fingerprint density at radius 3 is 2.40 bits per heavy atom. The van der Waals surface area contributed by atoms with Crippen molar-refractivity contribution in [3.05, 3.63) is 0 Å². The second kappa shape index (κ2) is 6.33. The minimum Gasteiger partial charge on any atom is -0.375 e. The third-order valence-electron chi connectivity index (χ3n) is 5.95. The van der Waals surface area contributed by atoms with Crippen LogP contribution in [0.5, 0.6) is 0 Å². The molecule has 2 N–H and O–H groups in total. The molecule has 2 rings (SSSR count). The first-order chi connectivity index (χ1) is 9.45.